The van der Waals surface area contributed by atoms with E-state index < -0.39 is 0 Å². The van der Waals surface area contributed by atoms with E-state index in [0.29, 0.717) is 12.2 Å². The zero-order valence-electron chi connectivity index (χ0n) is 14.7. The number of aryl methyl sites for hydroxylation is 2. The zero-order chi connectivity index (χ0) is 17.9. The molecule has 132 valence electrons. The number of amides is 1. The van der Waals surface area contributed by atoms with Crippen LogP contribution in [0.25, 0.3) is 11.4 Å². The molecule has 0 fully saturated rings. The number of carbonyl (C=O) groups is 1. The Morgan fingerprint density at radius 2 is 2.27 bits per heavy atom. The van der Waals surface area contributed by atoms with E-state index in [0.717, 1.165) is 41.6 Å². The highest BCUT2D eigenvalue weighted by Gasteiger charge is 2.24. The molecule has 0 spiro atoms. The molecule has 1 amide bonds. The van der Waals surface area contributed by atoms with Crippen molar-refractivity contribution in [2.75, 3.05) is 0 Å². The lowest BCUT2D eigenvalue weighted by atomic mass is 9.92. The zero-order valence-corrected chi connectivity index (χ0v) is 14.7. The van der Waals surface area contributed by atoms with Gasteiger partial charge in [0.2, 0.25) is 5.91 Å². The third-order valence-electron chi connectivity index (χ3n) is 4.69. The fourth-order valence-corrected chi connectivity index (χ4v) is 3.43. The first-order valence-corrected chi connectivity index (χ1v) is 8.85. The largest absolute Gasteiger partial charge is 0.357 e. The molecule has 26 heavy (non-hydrogen) atoms. The molecule has 0 bridgehead atoms. The first-order chi connectivity index (χ1) is 12.7. The van der Waals surface area contributed by atoms with Gasteiger partial charge in [-0.1, -0.05) is 0 Å². The standard InChI is InChI=1S/C20H21N5O/c1-25-9-7-14(13-25)10-19(26)23-17-5-2-6-18-16(17)12-22-20(24-18)15-4-3-8-21-11-15/h3-4,7-9,11-13,17H,2,5-6,10H2,1H3,(H,23,26). The van der Waals surface area contributed by atoms with E-state index in [9.17, 15) is 4.79 Å². The number of carbonyl (C=O) groups excluding carboxylic acids is 1. The summed E-state index contributed by atoms with van der Waals surface area (Å²) in [7, 11) is 1.95. The SMILES string of the molecule is Cn1ccc(CC(=O)NC2CCCc3nc(-c4cccnc4)ncc32)c1. The first-order valence-electron chi connectivity index (χ1n) is 8.85. The van der Waals surface area contributed by atoms with Crippen LogP contribution in [0.3, 0.4) is 0 Å². The predicted octanol–water partition coefficient (Wildman–Crippen LogP) is 2.61. The Morgan fingerprint density at radius 3 is 3.04 bits per heavy atom. The van der Waals surface area contributed by atoms with Crippen LogP contribution >= 0.6 is 0 Å². The van der Waals surface area contributed by atoms with Crippen molar-refractivity contribution in [3.05, 3.63) is 66.0 Å². The number of hydrogen-bond acceptors (Lipinski definition) is 4. The molecule has 3 aromatic rings. The van der Waals surface area contributed by atoms with Crippen LogP contribution in [0.15, 0.2) is 49.2 Å². The summed E-state index contributed by atoms with van der Waals surface area (Å²) in [5, 5.41) is 3.15. The molecular weight excluding hydrogens is 326 g/mol. The molecule has 1 aliphatic carbocycles. The maximum Gasteiger partial charge on any atom is 0.224 e. The first kappa shape index (κ1) is 16.4. The van der Waals surface area contributed by atoms with E-state index in [-0.39, 0.29) is 11.9 Å². The summed E-state index contributed by atoms with van der Waals surface area (Å²) in [6.45, 7) is 0. The topological polar surface area (TPSA) is 72.7 Å². The number of rotatable bonds is 4. The smallest absolute Gasteiger partial charge is 0.224 e. The van der Waals surface area contributed by atoms with Crippen LogP contribution in [0.5, 0.6) is 0 Å². The second kappa shape index (κ2) is 7.07. The number of hydrogen-bond donors (Lipinski definition) is 1. The Hall–Kier alpha value is -3.02. The summed E-state index contributed by atoms with van der Waals surface area (Å²) >= 11 is 0. The number of nitrogens with zero attached hydrogens (tertiary/aromatic N) is 4. The van der Waals surface area contributed by atoms with Gasteiger partial charge in [0.1, 0.15) is 0 Å². The number of nitrogens with one attached hydrogen (secondary N) is 1. The summed E-state index contributed by atoms with van der Waals surface area (Å²) in [6.07, 6.45) is 12.5. The van der Waals surface area contributed by atoms with E-state index >= 15 is 0 Å². The minimum absolute atomic E-state index is 0.0158. The van der Waals surface area contributed by atoms with Crippen molar-refractivity contribution < 1.29 is 4.79 Å². The van der Waals surface area contributed by atoms with Crippen LogP contribution in [0.1, 0.15) is 35.7 Å². The van der Waals surface area contributed by atoms with Gasteiger partial charge >= 0.3 is 0 Å². The average Bonchev–Trinajstić information content (AvgIpc) is 3.07. The molecule has 0 saturated heterocycles. The fraction of sp³-hybridized carbons (Fsp3) is 0.300. The second-order valence-corrected chi connectivity index (χ2v) is 6.71. The maximum absolute atomic E-state index is 12.4. The lowest BCUT2D eigenvalue weighted by Crippen LogP contribution is -2.32. The lowest BCUT2D eigenvalue weighted by molar-refractivity contribution is -0.121. The molecule has 4 rings (SSSR count). The van der Waals surface area contributed by atoms with Gasteiger partial charge in [-0.3, -0.25) is 9.78 Å². The van der Waals surface area contributed by atoms with Crippen LogP contribution < -0.4 is 5.32 Å². The number of aromatic nitrogens is 4. The quantitative estimate of drug-likeness (QED) is 0.787. The minimum Gasteiger partial charge on any atom is -0.357 e. The minimum atomic E-state index is -0.0158. The molecule has 6 heteroatoms. The highest BCUT2D eigenvalue weighted by Crippen LogP contribution is 2.29. The Morgan fingerprint density at radius 1 is 1.35 bits per heavy atom. The van der Waals surface area contributed by atoms with Crippen molar-refractivity contribution in [2.24, 2.45) is 7.05 Å². The monoisotopic (exact) mass is 347 g/mol. The van der Waals surface area contributed by atoms with Crippen LogP contribution in [0, 0.1) is 0 Å². The van der Waals surface area contributed by atoms with Gasteiger partial charge in [-0.15, -0.1) is 0 Å². The van der Waals surface area contributed by atoms with Gasteiger partial charge in [-0.05, 0) is 43.0 Å². The Labute approximate surface area is 152 Å². The van der Waals surface area contributed by atoms with Gasteiger partial charge in [0.05, 0.1) is 12.5 Å². The maximum atomic E-state index is 12.4. The number of pyridine rings is 1. The normalized spacial score (nSPS) is 16.1. The summed E-state index contributed by atoms with van der Waals surface area (Å²) in [5.74, 6) is 0.721. The van der Waals surface area contributed by atoms with Crippen LogP contribution in [0.4, 0.5) is 0 Å². The molecular formula is C20H21N5O. The third-order valence-corrected chi connectivity index (χ3v) is 4.69. The van der Waals surface area contributed by atoms with Crippen molar-refractivity contribution in [1.29, 1.82) is 0 Å². The average molecular weight is 347 g/mol. The molecule has 3 aromatic heterocycles. The van der Waals surface area contributed by atoms with Crippen LogP contribution in [0.2, 0.25) is 0 Å². The molecule has 6 nitrogen and oxygen atoms in total. The molecule has 1 N–H and O–H groups in total. The van der Waals surface area contributed by atoms with Gasteiger partial charge in [0.15, 0.2) is 5.82 Å². The summed E-state index contributed by atoms with van der Waals surface area (Å²) < 4.78 is 1.95. The van der Waals surface area contributed by atoms with Crippen molar-refractivity contribution >= 4 is 5.91 Å². The van der Waals surface area contributed by atoms with Gasteiger partial charge in [0.25, 0.3) is 0 Å². The molecule has 1 unspecified atom stereocenters. The highest BCUT2D eigenvalue weighted by atomic mass is 16.1. The van der Waals surface area contributed by atoms with E-state index in [2.05, 4.69) is 15.3 Å². The van der Waals surface area contributed by atoms with Crippen molar-refractivity contribution in [1.82, 2.24) is 24.8 Å². The summed E-state index contributed by atoms with van der Waals surface area (Å²) in [6, 6.07) is 5.79. The number of fused-ring (bicyclic) bond motifs is 1. The lowest BCUT2D eigenvalue weighted by Gasteiger charge is -2.25. The molecule has 1 atom stereocenters. The van der Waals surface area contributed by atoms with E-state index in [1.54, 1.807) is 12.4 Å². The highest BCUT2D eigenvalue weighted by molar-refractivity contribution is 5.79. The van der Waals surface area contributed by atoms with Crippen LogP contribution in [-0.4, -0.2) is 25.4 Å². The summed E-state index contributed by atoms with van der Waals surface area (Å²) in [4.78, 5) is 25.8. The Kier molecular flexibility index (Phi) is 4.48. The molecule has 3 heterocycles. The molecule has 0 aliphatic heterocycles. The molecule has 0 radical (unpaired) electrons. The Bertz CT molecular complexity index is 919. The molecule has 0 aromatic carbocycles. The third kappa shape index (κ3) is 3.49. The van der Waals surface area contributed by atoms with Crippen molar-refractivity contribution in [3.8, 4) is 11.4 Å². The van der Waals surface area contributed by atoms with Gasteiger partial charge in [0, 0.05) is 54.9 Å². The van der Waals surface area contributed by atoms with E-state index in [1.807, 2.05) is 48.4 Å². The van der Waals surface area contributed by atoms with Gasteiger partial charge < -0.3 is 9.88 Å². The van der Waals surface area contributed by atoms with Crippen molar-refractivity contribution in [2.45, 2.75) is 31.7 Å². The summed E-state index contributed by atoms with van der Waals surface area (Å²) in [5.41, 5.74) is 3.98. The molecule has 1 aliphatic rings. The Balaban J connectivity index is 1.51. The second-order valence-electron chi connectivity index (χ2n) is 6.71. The van der Waals surface area contributed by atoms with Gasteiger partial charge in [-0.25, -0.2) is 9.97 Å². The van der Waals surface area contributed by atoms with Gasteiger partial charge in [-0.2, -0.15) is 0 Å². The van der Waals surface area contributed by atoms with E-state index in [1.165, 1.54) is 0 Å². The predicted molar refractivity (Wildman–Crippen MR) is 98.2 cm³/mol. The van der Waals surface area contributed by atoms with E-state index in [4.69, 9.17) is 4.98 Å². The van der Waals surface area contributed by atoms with Crippen molar-refractivity contribution in [3.63, 3.8) is 0 Å². The fourth-order valence-electron chi connectivity index (χ4n) is 3.43. The molecule has 0 saturated carbocycles. The van der Waals surface area contributed by atoms with Crippen LogP contribution in [-0.2, 0) is 24.7 Å².